The molecule has 0 saturated carbocycles. The predicted molar refractivity (Wildman–Crippen MR) is 89.8 cm³/mol. The molecule has 0 bridgehead atoms. The molecular weight excluding hydrogens is 328 g/mol. The Bertz CT molecular complexity index is 1020. The van der Waals surface area contributed by atoms with Gasteiger partial charge in [-0.1, -0.05) is 42.5 Å². The van der Waals surface area contributed by atoms with Crippen molar-refractivity contribution in [2.45, 2.75) is 4.90 Å². The molecule has 0 aliphatic rings. The second-order valence-corrected chi connectivity index (χ2v) is 6.77. The van der Waals surface area contributed by atoms with Gasteiger partial charge in [-0.3, -0.25) is 10.2 Å². The largest absolute Gasteiger partial charge is 0.507 e. The summed E-state index contributed by atoms with van der Waals surface area (Å²) >= 11 is 0. The number of nitrogens with one attached hydrogen (secondary N) is 2. The van der Waals surface area contributed by atoms with Crippen LogP contribution >= 0.6 is 0 Å². The van der Waals surface area contributed by atoms with Gasteiger partial charge in [-0.15, -0.1) is 4.83 Å². The topological polar surface area (TPSA) is 95.5 Å². The Morgan fingerprint density at radius 2 is 1.54 bits per heavy atom. The van der Waals surface area contributed by atoms with Gasteiger partial charge in [-0.05, 0) is 35.0 Å². The number of rotatable bonds is 4. The molecule has 3 rings (SSSR count). The fourth-order valence-electron chi connectivity index (χ4n) is 2.24. The predicted octanol–water partition coefficient (Wildman–Crippen LogP) is 2.17. The van der Waals surface area contributed by atoms with Crippen LogP contribution in [0.25, 0.3) is 10.8 Å². The van der Waals surface area contributed by atoms with Gasteiger partial charge >= 0.3 is 0 Å². The maximum Gasteiger partial charge on any atom is 0.269 e. The van der Waals surface area contributed by atoms with Crippen molar-refractivity contribution in [1.82, 2.24) is 10.3 Å². The molecule has 0 fully saturated rings. The number of hydrogen-bond donors (Lipinski definition) is 3. The Morgan fingerprint density at radius 3 is 2.29 bits per heavy atom. The van der Waals surface area contributed by atoms with Gasteiger partial charge in [0.05, 0.1) is 10.5 Å². The van der Waals surface area contributed by atoms with E-state index in [1.54, 1.807) is 24.3 Å². The van der Waals surface area contributed by atoms with Crippen molar-refractivity contribution in [3.05, 3.63) is 72.3 Å². The molecule has 0 heterocycles. The van der Waals surface area contributed by atoms with Gasteiger partial charge in [0.15, 0.2) is 0 Å². The van der Waals surface area contributed by atoms with E-state index in [-0.39, 0.29) is 16.2 Å². The normalized spacial score (nSPS) is 11.3. The average molecular weight is 342 g/mol. The lowest BCUT2D eigenvalue weighted by molar-refractivity contribution is 0.0942. The number of phenolic OH excluding ortho intramolecular Hbond substituents is 1. The molecule has 3 aromatic carbocycles. The van der Waals surface area contributed by atoms with E-state index >= 15 is 0 Å². The molecule has 24 heavy (non-hydrogen) atoms. The average Bonchev–Trinajstić information content (AvgIpc) is 2.60. The lowest BCUT2D eigenvalue weighted by atomic mass is 10.1. The van der Waals surface area contributed by atoms with Crippen LogP contribution in [0.1, 0.15) is 10.4 Å². The zero-order valence-electron chi connectivity index (χ0n) is 12.4. The molecular formula is C17H14N2O4S. The van der Waals surface area contributed by atoms with Gasteiger partial charge in [-0.2, -0.15) is 0 Å². The number of hydrogen-bond acceptors (Lipinski definition) is 4. The molecule has 0 aliphatic carbocycles. The van der Waals surface area contributed by atoms with Crippen molar-refractivity contribution in [3.8, 4) is 5.75 Å². The maximum absolute atomic E-state index is 12.3. The van der Waals surface area contributed by atoms with E-state index in [1.807, 2.05) is 23.0 Å². The highest BCUT2D eigenvalue weighted by Gasteiger charge is 2.17. The molecule has 1 amide bonds. The molecule has 3 aromatic rings. The summed E-state index contributed by atoms with van der Waals surface area (Å²) < 4.78 is 24.6. The lowest BCUT2D eigenvalue weighted by Crippen LogP contribution is -2.41. The molecule has 0 saturated heterocycles. The Hall–Kier alpha value is -2.90. The van der Waals surface area contributed by atoms with Crippen molar-refractivity contribution >= 4 is 26.7 Å². The summed E-state index contributed by atoms with van der Waals surface area (Å²) in [6.45, 7) is 0. The number of sulfonamides is 1. The fraction of sp³-hybridized carbons (Fsp3) is 0. The fourth-order valence-corrected chi connectivity index (χ4v) is 3.11. The Morgan fingerprint density at radius 1 is 0.875 bits per heavy atom. The summed E-state index contributed by atoms with van der Waals surface area (Å²) in [4.78, 5) is 14.0. The summed E-state index contributed by atoms with van der Waals surface area (Å²) in [5.74, 6) is -0.989. The van der Waals surface area contributed by atoms with Gasteiger partial charge in [0.2, 0.25) is 0 Å². The third-order valence-corrected chi connectivity index (χ3v) is 4.72. The molecule has 0 spiro atoms. The van der Waals surface area contributed by atoms with Crippen LogP contribution in [-0.2, 0) is 10.0 Å². The number of amides is 1. The van der Waals surface area contributed by atoms with Gasteiger partial charge in [0.25, 0.3) is 15.9 Å². The molecule has 122 valence electrons. The number of carbonyl (C=O) groups is 1. The second kappa shape index (κ2) is 6.31. The van der Waals surface area contributed by atoms with E-state index in [4.69, 9.17) is 0 Å². The number of carbonyl (C=O) groups excluding carboxylic acids is 1. The van der Waals surface area contributed by atoms with Crippen LogP contribution in [0, 0.1) is 0 Å². The Kier molecular flexibility index (Phi) is 4.20. The molecule has 0 atom stereocenters. The van der Waals surface area contributed by atoms with Gasteiger partial charge in [0, 0.05) is 0 Å². The van der Waals surface area contributed by atoms with E-state index in [9.17, 15) is 18.3 Å². The highest BCUT2D eigenvalue weighted by atomic mass is 32.2. The zero-order chi connectivity index (χ0) is 17.2. The third kappa shape index (κ3) is 3.22. The van der Waals surface area contributed by atoms with Gasteiger partial charge in [-0.25, -0.2) is 8.42 Å². The highest BCUT2D eigenvalue weighted by Crippen LogP contribution is 2.19. The molecule has 7 heteroatoms. The van der Waals surface area contributed by atoms with Crippen LogP contribution in [0.4, 0.5) is 0 Å². The van der Waals surface area contributed by atoms with Crippen LogP contribution in [0.3, 0.4) is 0 Å². The first-order valence-corrected chi connectivity index (χ1v) is 8.55. The first-order valence-electron chi connectivity index (χ1n) is 7.06. The number of benzene rings is 3. The SMILES string of the molecule is O=C(NNS(=O)(=O)c1ccc2ccccc2c1)c1ccccc1O. The van der Waals surface area contributed by atoms with E-state index < -0.39 is 15.9 Å². The number of fused-ring (bicyclic) bond motifs is 1. The van der Waals surface area contributed by atoms with Crippen molar-refractivity contribution in [3.63, 3.8) is 0 Å². The third-order valence-electron chi connectivity index (χ3n) is 3.48. The maximum atomic E-state index is 12.3. The zero-order valence-corrected chi connectivity index (χ0v) is 13.2. The van der Waals surface area contributed by atoms with Crippen LogP contribution in [-0.4, -0.2) is 19.4 Å². The van der Waals surface area contributed by atoms with Crippen LogP contribution in [0.15, 0.2) is 71.6 Å². The number of aromatic hydroxyl groups is 1. The number of phenols is 1. The first-order chi connectivity index (χ1) is 11.5. The molecule has 0 aliphatic heterocycles. The lowest BCUT2D eigenvalue weighted by Gasteiger charge is -2.10. The highest BCUT2D eigenvalue weighted by molar-refractivity contribution is 7.89. The van der Waals surface area contributed by atoms with E-state index in [2.05, 4.69) is 5.43 Å². The van der Waals surface area contributed by atoms with Gasteiger partial charge < -0.3 is 5.11 Å². The van der Waals surface area contributed by atoms with Crippen LogP contribution < -0.4 is 10.3 Å². The minimum Gasteiger partial charge on any atom is -0.507 e. The van der Waals surface area contributed by atoms with Crippen molar-refractivity contribution in [2.24, 2.45) is 0 Å². The second-order valence-electron chi connectivity index (χ2n) is 5.09. The smallest absolute Gasteiger partial charge is 0.269 e. The summed E-state index contributed by atoms with van der Waals surface area (Å²) in [6, 6.07) is 17.9. The monoisotopic (exact) mass is 342 g/mol. The summed E-state index contributed by atoms with van der Waals surface area (Å²) in [7, 11) is -3.93. The minimum absolute atomic E-state index is 0.0267. The van der Waals surface area contributed by atoms with E-state index in [0.717, 1.165) is 10.8 Å². The van der Waals surface area contributed by atoms with Crippen LogP contribution in [0.2, 0.25) is 0 Å². The summed E-state index contributed by atoms with van der Waals surface area (Å²) in [5, 5.41) is 11.3. The van der Waals surface area contributed by atoms with Crippen molar-refractivity contribution in [2.75, 3.05) is 0 Å². The molecule has 0 unspecified atom stereocenters. The summed E-state index contributed by atoms with van der Waals surface area (Å²) in [6.07, 6.45) is 0. The molecule has 0 aromatic heterocycles. The molecule has 6 nitrogen and oxygen atoms in total. The molecule has 3 N–H and O–H groups in total. The first kappa shape index (κ1) is 16.0. The number of hydrazine groups is 1. The minimum atomic E-state index is -3.93. The van der Waals surface area contributed by atoms with Crippen molar-refractivity contribution < 1.29 is 18.3 Å². The summed E-state index contributed by atoms with van der Waals surface area (Å²) in [5.41, 5.74) is 2.06. The van der Waals surface area contributed by atoms with E-state index in [0.29, 0.717) is 0 Å². The standard InChI is InChI=1S/C17H14N2O4S/c20-16-8-4-3-7-15(16)17(21)18-19-24(22,23)14-10-9-12-5-1-2-6-13(12)11-14/h1-11,19-20H,(H,18,21). The van der Waals surface area contributed by atoms with E-state index in [1.165, 1.54) is 24.3 Å². The molecule has 0 radical (unpaired) electrons. The number of para-hydroxylation sites is 1. The quantitative estimate of drug-likeness (QED) is 0.633. The Balaban J connectivity index is 1.80. The van der Waals surface area contributed by atoms with Gasteiger partial charge in [0.1, 0.15) is 5.75 Å². The Labute approximate surface area is 138 Å². The van der Waals surface area contributed by atoms with Crippen LogP contribution in [0.5, 0.6) is 5.75 Å². The van der Waals surface area contributed by atoms with Crippen molar-refractivity contribution in [1.29, 1.82) is 0 Å².